The molecule has 0 N–H and O–H groups in total. The van der Waals surface area contributed by atoms with Crippen LogP contribution < -0.4 is 0 Å². The van der Waals surface area contributed by atoms with Gasteiger partial charge in [0.2, 0.25) is 5.89 Å². The minimum Gasteiger partial charge on any atom is -0.339 e. The third-order valence-corrected chi connectivity index (χ3v) is 6.03. The molecule has 0 aliphatic carbocycles. The quantitative estimate of drug-likeness (QED) is 0.692. The molecule has 3 heterocycles. The molecule has 1 saturated heterocycles. The smallest absolute Gasteiger partial charge is 0.264 e. The monoisotopic (exact) mass is 359 g/mol. The summed E-state index contributed by atoms with van der Waals surface area (Å²) in [6.07, 6.45) is 1.62. The number of aromatic nitrogens is 2. The molecular formula is C18H18FN3O2S. The molecule has 2 aromatic heterocycles. The Morgan fingerprint density at radius 3 is 2.76 bits per heavy atom. The first kappa shape index (κ1) is 16.2. The molecule has 1 amide bonds. The minimum atomic E-state index is -0.275. The highest BCUT2D eigenvalue weighted by molar-refractivity contribution is 7.21. The second-order valence-electron chi connectivity index (χ2n) is 6.44. The zero-order chi connectivity index (χ0) is 17.6. The molecule has 0 saturated carbocycles. The normalized spacial score (nSPS) is 15.9. The van der Waals surface area contributed by atoms with E-state index in [1.165, 1.54) is 23.5 Å². The molecule has 0 radical (unpaired) electrons. The second-order valence-corrected chi connectivity index (χ2v) is 7.50. The average Bonchev–Trinajstić information content (AvgIpc) is 3.19. The van der Waals surface area contributed by atoms with E-state index in [1.807, 2.05) is 11.8 Å². The van der Waals surface area contributed by atoms with Crippen LogP contribution in [0, 0.1) is 19.7 Å². The largest absolute Gasteiger partial charge is 0.339 e. The van der Waals surface area contributed by atoms with Gasteiger partial charge in [-0.1, -0.05) is 5.16 Å². The van der Waals surface area contributed by atoms with Crippen molar-refractivity contribution < 1.29 is 13.7 Å². The summed E-state index contributed by atoms with van der Waals surface area (Å²) >= 11 is 1.44. The number of nitrogens with zero attached hydrogens (tertiary/aromatic N) is 3. The number of aryl methyl sites for hydroxylation is 2. The maximum atomic E-state index is 13.5. The highest BCUT2D eigenvalue weighted by Gasteiger charge is 2.29. The standard InChI is InChI=1S/C18H18FN3O2S/c1-10-14-9-13(19)3-4-15(14)25-16(10)18(23)22-7-5-12(6-8-22)17-20-11(2)21-24-17/h3-4,9,12H,5-8H2,1-2H3. The van der Waals surface area contributed by atoms with Gasteiger partial charge < -0.3 is 9.42 Å². The number of fused-ring (bicyclic) bond motifs is 1. The van der Waals surface area contributed by atoms with Gasteiger partial charge in [0, 0.05) is 23.7 Å². The van der Waals surface area contributed by atoms with Crippen LogP contribution in [0.2, 0.25) is 0 Å². The SMILES string of the molecule is Cc1noc(C2CCN(C(=O)c3sc4ccc(F)cc4c3C)CC2)n1. The molecule has 7 heteroatoms. The Morgan fingerprint density at radius 2 is 2.08 bits per heavy atom. The first-order valence-corrected chi connectivity index (χ1v) is 9.12. The van der Waals surface area contributed by atoms with Gasteiger partial charge in [0.15, 0.2) is 5.82 Å². The summed E-state index contributed by atoms with van der Waals surface area (Å²) < 4.78 is 19.7. The van der Waals surface area contributed by atoms with Crippen LogP contribution in [-0.4, -0.2) is 34.0 Å². The second kappa shape index (κ2) is 6.22. The fourth-order valence-electron chi connectivity index (χ4n) is 3.35. The molecule has 130 valence electrons. The number of benzene rings is 1. The fourth-order valence-corrected chi connectivity index (χ4v) is 4.51. The minimum absolute atomic E-state index is 0.0271. The summed E-state index contributed by atoms with van der Waals surface area (Å²) in [7, 11) is 0. The van der Waals surface area contributed by atoms with Crippen LogP contribution in [0.1, 0.15) is 45.7 Å². The van der Waals surface area contributed by atoms with E-state index in [9.17, 15) is 9.18 Å². The number of carbonyl (C=O) groups excluding carboxylic acids is 1. The van der Waals surface area contributed by atoms with Crippen molar-refractivity contribution in [2.75, 3.05) is 13.1 Å². The lowest BCUT2D eigenvalue weighted by molar-refractivity contribution is 0.0709. The van der Waals surface area contributed by atoms with Gasteiger partial charge in [-0.05, 0) is 55.8 Å². The summed E-state index contributed by atoms with van der Waals surface area (Å²) in [5.74, 6) is 1.27. The van der Waals surface area contributed by atoms with E-state index in [0.29, 0.717) is 29.7 Å². The van der Waals surface area contributed by atoms with Gasteiger partial charge in [-0.25, -0.2) is 4.39 Å². The van der Waals surface area contributed by atoms with Crippen LogP contribution in [0.25, 0.3) is 10.1 Å². The molecule has 25 heavy (non-hydrogen) atoms. The topological polar surface area (TPSA) is 59.2 Å². The van der Waals surface area contributed by atoms with Crippen LogP contribution in [0.15, 0.2) is 22.7 Å². The van der Waals surface area contributed by atoms with E-state index >= 15 is 0 Å². The third-order valence-electron chi connectivity index (χ3n) is 4.77. The van der Waals surface area contributed by atoms with Crippen molar-refractivity contribution in [1.29, 1.82) is 0 Å². The number of amides is 1. The van der Waals surface area contributed by atoms with Gasteiger partial charge in [0.25, 0.3) is 5.91 Å². The van der Waals surface area contributed by atoms with Crippen LogP contribution in [-0.2, 0) is 0 Å². The van der Waals surface area contributed by atoms with Gasteiger partial charge in [-0.2, -0.15) is 4.98 Å². The molecule has 1 aromatic carbocycles. The van der Waals surface area contributed by atoms with E-state index in [1.54, 1.807) is 13.0 Å². The van der Waals surface area contributed by atoms with Gasteiger partial charge in [0.1, 0.15) is 5.82 Å². The van der Waals surface area contributed by atoms with Crippen LogP contribution in [0.4, 0.5) is 4.39 Å². The maximum Gasteiger partial charge on any atom is 0.264 e. The number of rotatable bonds is 2. The maximum absolute atomic E-state index is 13.5. The summed E-state index contributed by atoms with van der Waals surface area (Å²) in [6, 6.07) is 4.68. The zero-order valence-corrected chi connectivity index (χ0v) is 14.9. The molecule has 4 rings (SSSR count). The Hall–Kier alpha value is -2.28. The Morgan fingerprint density at radius 1 is 1.32 bits per heavy atom. The number of hydrogen-bond donors (Lipinski definition) is 0. The summed E-state index contributed by atoms with van der Waals surface area (Å²) in [4.78, 5) is 19.8. The van der Waals surface area contributed by atoms with Crippen LogP contribution >= 0.6 is 11.3 Å². The number of thiophene rings is 1. The molecule has 5 nitrogen and oxygen atoms in total. The third kappa shape index (κ3) is 2.93. The molecule has 0 bridgehead atoms. The number of likely N-dealkylation sites (tertiary alicyclic amines) is 1. The van der Waals surface area contributed by atoms with Crippen molar-refractivity contribution >= 4 is 27.3 Å². The molecule has 1 aliphatic rings. The first-order valence-electron chi connectivity index (χ1n) is 8.31. The molecule has 3 aromatic rings. The van der Waals surface area contributed by atoms with Gasteiger partial charge in [0.05, 0.1) is 4.88 Å². The predicted octanol–water partition coefficient (Wildman–Crippen LogP) is 4.06. The first-order chi connectivity index (χ1) is 12.0. The fraction of sp³-hybridized carbons (Fsp3) is 0.389. The summed E-state index contributed by atoms with van der Waals surface area (Å²) in [5.41, 5.74) is 0.860. The lowest BCUT2D eigenvalue weighted by Crippen LogP contribution is -2.37. The van der Waals surface area contributed by atoms with Crippen molar-refractivity contribution in [3.05, 3.63) is 46.2 Å². The van der Waals surface area contributed by atoms with E-state index in [4.69, 9.17) is 4.52 Å². The highest BCUT2D eigenvalue weighted by Crippen LogP contribution is 2.34. The Labute approximate surface area is 148 Å². The van der Waals surface area contributed by atoms with E-state index in [0.717, 1.165) is 28.5 Å². The lowest BCUT2D eigenvalue weighted by Gasteiger charge is -2.30. The average molecular weight is 359 g/mol. The van der Waals surface area contributed by atoms with Crippen molar-refractivity contribution in [3.8, 4) is 0 Å². The van der Waals surface area contributed by atoms with E-state index in [-0.39, 0.29) is 17.6 Å². The lowest BCUT2D eigenvalue weighted by atomic mass is 9.96. The van der Waals surface area contributed by atoms with Crippen LogP contribution in [0.3, 0.4) is 0 Å². The highest BCUT2D eigenvalue weighted by atomic mass is 32.1. The molecule has 1 aliphatic heterocycles. The van der Waals surface area contributed by atoms with Crippen LogP contribution in [0.5, 0.6) is 0 Å². The molecule has 1 fully saturated rings. The Bertz CT molecular complexity index is 941. The number of carbonyl (C=O) groups is 1. The molecule has 0 unspecified atom stereocenters. The van der Waals surface area contributed by atoms with Gasteiger partial charge >= 0.3 is 0 Å². The Balaban J connectivity index is 1.52. The van der Waals surface area contributed by atoms with Crippen molar-refractivity contribution in [2.24, 2.45) is 0 Å². The predicted molar refractivity (Wildman–Crippen MR) is 93.4 cm³/mol. The van der Waals surface area contributed by atoms with E-state index < -0.39 is 0 Å². The molecular weight excluding hydrogens is 341 g/mol. The summed E-state index contributed by atoms with van der Waals surface area (Å²) in [5, 5.41) is 4.66. The van der Waals surface area contributed by atoms with Crippen molar-refractivity contribution in [2.45, 2.75) is 32.6 Å². The number of hydrogen-bond acceptors (Lipinski definition) is 5. The molecule has 0 spiro atoms. The van der Waals surface area contributed by atoms with Crippen molar-refractivity contribution in [1.82, 2.24) is 15.0 Å². The number of piperidine rings is 1. The molecule has 0 atom stereocenters. The van der Waals surface area contributed by atoms with Gasteiger partial charge in [-0.3, -0.25) is 4.79 Å². The zero-order valence-electron chi connectivity index (χ0n) is 14.1. The van der Waals surface area contributed by atoms with E-state index in [2.05, 4.69) is 10.1 Å². The summed E-state index contributed by atoms with van der Waals surface area (Å²) in [6.45, 7) is 5.01. The van der Waals surface area contributed by atoms with Crippen molar-refractivity contribution in [3.63, 3.8) is 0 Å². The number of halogens is 1. The van der Waals surface area contributed by atoms with Gasteiger partial charge in [-0.15, -0.1) is 11.3 Å². The Kier molecular flexibility index (Phi) is 4.03.